The number of aliphatic hydroxyl groups is 1. The van der Waals surface area contributed by atoms with E-state index in [2.05, 4.69) is 34.3 Å². The first kappa shape index (κ1) is 19.8. The van der Waals surface area contributed by atoms with E-state index in [0.29, 0.717) is 18.2 Å². The average molecular weight is 360 g/mol. The molecule has 0 bridgehead atoms. The molecule has 1 heterocycles. The molecule has 0 fully saturated rings. The Morgan fingerprint density at radius 1 is 1.27 bits per heavy atom. The van der Waals surface area contributed by atoms with Gasteiger partial charge in [-0.2, -0.15) is 4.98 Å². The third-order valence-corrected chi connectivity index (χ3v) is 4.00. The fourth-order valence-corrected chi connectivity index (χ4v) is 2.59. The predicted octanol–water partition coefficient (Wildman–Crippen LogP) is 2.65. The van der Waals surface area contributed by atoms with Crippen LogP contribution in [0.3, 0.4) is 0 Å². The summed E-state index contributed by atoms with van der Waals surface area (Å²) in [6.07, 6.45) is 5.11. The fraction of sp³-hybridized carbons (Fsp3) is 0.474. The topological polar surface area (TPSA) is 103 Å². The van der Waals surface area contributed by atoms with Gasteiger partial charge in [0.15, 0.2) is 11.6 Å². The Labute approximate surface area is 154 Å². The van der Waals surface area contributed by atoms with E-state index in [9.17, 15) is 5.11 Å². The van der Waals surface area contributed by atoms with E-state index >= 15 is 0 Å². The largest absolute Gasteiger partial charge is 0.497 e. The molecule has 0 amide bonds. The standard InChI is InChI=1S/C19H28N4O3/c1-3-5-15(13-24)22-18-17(12-21-19(20)23-18)26-11-4-6-14-7-9-16(25-2)10-8-14/h7-10,12,15,24H,3-6,11,13H2,1-2H3,(H3,20,21,22,23). The minimum Gasteiger partial charge on any atom is -0.497 e. The minimum atomic E-state index is -0.0871. The first-order valence-electron chi connectivity index (χ1n) is 8.91. The number of rotatable bonds is 11. The number of hydrogen-bond donors (Lipinski definition) is 3. The first-order valence-corrected chi connectivity index (χ1v) is 8.91. The van der Waals surface area contributed by atoms with Crippen molar-refractivity contribution in [2.45, 2.75) is 38.6 Å². The highest BCUT2D eigenvalue weighted by Gasteiger charge is 2.13. The fourth-order valence-electron chi connectivity index (χ4n) is 2.59. The average Bonchev–Trinajstić information content (AvgIpc) is 2.66. The van der Waals surface area contributed by atoms with Crippen LogP contribution in [0.1, 0.15) is 31.7 Å². The number of anilines is 2. The first-order chi connectivity index (χ1) is 12.7. The number of nitrogen functional groups attached to an aromatic ring is 1. The van der Waals surface area contributed by atoms with E-state index in [-0.39, 0.29) is 18.6 Å². The summed E-state index contributed by atoms with van der Waals surface area (Å²) in [5.41, 5.74) is 6.91. The highest BCUT2D eigenvalue weighted by Crippen LogP contribution is 2.23. The summed E-state index contributed by atoms with van der Waals surface area (Å²) in [5, 5.41) is 12.7. The lowest BCUT2D eigenvalue weighted by Crippen LogP contribution is -2.24. The van der Waals surface area contributed by atoms with E-state index in [0.717, 1.165) is 31.4 Å². The van der Waals surface area contributed by atoms with Crippen molar-refractivity contribution in [1.82, 2.24) is 9.97 Å². The molecule has 0 aliphatic rings. The number of aryl methyl sites for hydroxylation is 1. The lowest BCUT2D eigenvalue weighted by Gasteiger charge is -2.18. The zero-order valence-corrected chi connectivity index (χ0v) is 15.4. The van der Waals surface area contributed by atoms with Crippen LogP contribution in [-0.2, 0) is 6.42 Å². The lowest BCUT2D eigenvalue weighted by atomic mass is 10.1. The van der Waals surface area contributed by atoms with Crippen molar-refractivity contribution in [1.29, 1.82) is 0 Å². The Bertz CT molecular complexity index is 664. The van der Waals surface area contributed by atoms with E-state index in [4.69, 9.17) is 15.2 Å². The molecule has 0 aliphatic heterocycles. The summed E-state index contributed by atoms with van der Waals surface area (Å²) >= 11 is 0. The number of nitrogens with one attached hydrogen (secondary N) is 1. The number of ether oxygens (including phenoxy) is 2. The molecular formula is C19H28N4O3. The van der Waals surface area contributed by atoms with Gasteiger partial charge in [0.1, 0.15) is 5.75 Å². The maximum Gasteiger partial charge on any atom is 0.222 e. The molecule has 0 saturated carbocycles. The van der Waals surface area contributed by atoms with Crippen molar-refractivity contribution in [2.75, 3.05) is 31.4 Å². The molecule has 4 N–H and O–H groups in total. The van der Waals surface area contributed by atoms with Crippen molar-refractivity contribution in [3.63, 3.8) is 0 Å². The molecule has 7 heteroatoms. The Morgan fingerprint density at radius 2 is 2.04 bits per heavy atom. The van der Waals surface area contributed by atoms with Crippen LogP contribution in [0.2, 0.25) is 0 Å². The summed E-state index contributed by atoms with van der Waals surface area (Å²) < 4.78 is 11.0. The van der Waals surface area contributed by atoms with Crippen molar-refractivity contribution < 1.29 is 14.6 Å². The Hall–Kier alpha value is -2.54. The SMILES string of the molecule is CCCC(CO)Nc1nc(N)ncc1OCCCc1ccc(OC)cc1. The van der Waals surface area contributed by atoms with Gasteiger partial charge < -0.3 is 25.6 Å². The highest BCUT2D eigenvalue weighted by molar-refractivity contribution is 5.51. The normalized spacial score (nSPS) is 11.8. The molecule has 142 valence electrons. The predicted molar refractivity (Wildman–Crippen MR) is 103 cm³/mol. The van der Waals surface area contributed by atoms with Crippen LogP contribution in [-0.4, -0.2) is 41.4 Å². The van der Waals surface area contributed by atoms with Gasteiger partial charge in [-0.1, -0.05) is 25.5 Å². The van der Waals surface area contributed by atoms with Gasteiger partial charge in [0, 0.05) is 0 Å². The van der Waals surface area contributed by atoms with E-state index in [1.807, 2.05) is 12.1 Å². The number of benzene rings is 1. The monoisotopic (exact) mass is 360 g/mol. The third kappa shape index (κ3) is 6.07. The van der Waals surface area contributed by atoms with Gasteiger partial charge in [-0.05, 0) is 37.0 Å². The maximum atomic E-state index is 9.47. The molecule has 2 aromatic rings. The van der Waals surface area contributed by atoms with Gasteiger partial charge in [0.05, 0.1) is 32.6 Å². The summed E-state index contributed by atoms with van der Waals surface area (Å²) in [6.45, 7) is 2.62. The molecule has 1 aromatic heterocycles. The van der Waals surface area contributed by atoms with Crippen molar-refractivity contribution in [2.24, 2.45) is 0 Å². The van der Waals surface area contributed by atoms with Crippen LogP contribution in [0.15, 0.2) is 30.5 Å². The summed E-state index contributed by atoms with van der Waals surface area (Å²) in [5.74, 6) is 2.09. The van der Waals surface area contributed by atoms with Crippen LogP contribution in [0.25, 0.3) is 0 Å². The number of aliphatic hydroxyl groups excluding tert-OH is 1. The third-order valence-electron chi connectivity index (χ3n) is 4.00. The summed E-state index contributed by atoms with van der Waals surface area (Å²) in [6, 6.07) is 7.92. The summed E-state index contributed by atoms with van der Waals surface area (Å²) in [4.78, 5) is 8.20. The maximum absolute atomic E-state index is 9.47. The Morgan fingerprint density at radius 3 is 2.69 bits per heavy atom. The molecule has 1 aromatic carbocycles. The number of aromatic nitrogens is 2. The molecule has 0 saturated heterocycles. The number of methoxy groups -OCH3 is 1. The lowest BCUT2D eigenvalue weighted by molar-refractivity contribution is 0.267. The van der Waals surface area contributed by atoms with Crippen LogP contribution < -0.4 is 20.5 Å². The quantitative estimate of drug-likeness (QED) is 0.529. The summed E-state index contributed by atoms with van der Waals surface area (Å²) in [7, 11) is 1.66. The van der Waals surface area contributed by atoms with Gasteiger partial charge in [0.25, 0.3) is 0 Å². The van der Waals surface area contributed by atoms with Crippen molar-refractivity contribution in [3.8, 4) is 11.5 Å². The van der Waals surface area contributed by atoms with Gasteiger partial charge >= 0.3 is 0 Å². The smallest absolute Gasteiger partial charge is 0.222 e. The molecule has 0 spiro atoms. The van der Waals surface area contributed by atoms with Crippen LogP contribution in [0, 0.1) is 0 Å². The second-order valence-electron chi connectivity index (χ2n) is 6.05. The number of nitrogens with zero attached hydrogens (tertiary/aromatic N) is 2. The van der Waals surface area contributed by atoms with E-state index < -0.39 is 0 Å². The Balaban J connectivity index is 1.89. The number of hydrogen-bond acceptors (Lipinski definition) is 7. The molecule has 26 heavy (non-hydrogen) atoms. The van der Waals surface area contributed by atoms with Crippen LogP contribution >= 0.6 is 0 Å². The van der Waals surface area contributed by atoms with Crippen molar-refractivity contribution >= 4 is 11.8 Å². The van der Waals surface area contributed by atoms with Gasteiger partial charge in [0.2, 0.25) is 5.95 Å². The van der Waals surface area contributed by atoms with Crippen molar-refractivity contribution in [3.05, 3.63) is 36.0 Å². The molecular weight excluding hydrogens is 332 g/mol. The molecule has 1 atom stereocenters. The molecule has 0 aliphatic carbocycles. The van der Waals surface area contributed by atoms with E-state index in [1.54, 1.807) is 13.3 Å². The zero-order valence-electron chi connectivity index (χ0n) is 15.4. The zero-order chi connectivity index (χ0) is 18.8. The molecule has 0 radical (unpaired) electrons. The van der Waals surface area contributed by atoms with Gasteiger partial charge in [-0.15, -0.1) is 0 Å². The second kappa shape index (κ2) is 10.5. The van der Waals surface area contributed by atoms with Gasteiger partial charge in [-0.25, -0.2) is 4.98 Å². The van der Waals surface area contributed by atoms with Crippen LogP contribution in [0.5, 0.6) is 11.5 Å². The van der Waals surface area contributed by atoms with Gasteiger partial charge in [-0.3, -0.25) is 0 Å². The Kier molecular flexibility index (Phi) is 7.95. The molecule has 2 rings (SSSR count). The molecule has 1 unspecified atom stereocenters. The van der Waals surface area contributed by atoms with E-state index in [1.165, 1.54) is 5.56 Å². The second-order valence-corrected chi connectivity index (χ2v) is 6.05. The molecule has 7 nitrogen and oxygen atoms in total. The highest BCUT2D eigenvalue weighted by atomic mass is 16.5. The minimum absolute atomic E-state index is 0.0225. The van der Waals surface area contributed by atoms with Crippen LogP contribution in [0.4, 0.5) is 11.8 Å². The number of nitrogens with two attached hydrogens (primary N) is 1.